The zero-order chi connectivity index (χ0) is 12.3. The van der Waals surface area contributed by atoms with Gasteiger partial charge in [0.05, 0.1) is 11.7 Å². The van der Waals surface area contributed by atoms with Gasteiger partial charge >= 0.3 is 5.97 Å². The van der Waals surface area contributed by atoms with Crippen molar-refractivity contribution in [1.82, 2.24) is 0 Å². The number of hydrogen-bond donors (Lipinski definition) is 0. The lowest BCUT2D eigenvalue weighted by molar-refractivity contribution is 0.00784. The number of halogens is 1. The van der Waals surface area contributed by atoms with Crippen LogP contribution in [0.4, 0.5) is 4.39 Å². The molecule has 2 radical (unpaired) electrons. The van der Waals surface area contributed by atoms with Gasteiger partial charge in [0.15, 0.2) is 0 Å². The zero-order valence-corrected chi connectivity index (χ0v) is 9.21. The van der Waals surface area contributed by atoms with E-state index >= 15 is 0 Å². The molecule has 1 aliphatic heterocycles. The number of carbonyl (C=O) groups is 1. The summed E-state index contributed by atoms with van der Waals surface area (Å²) >= 11 is 0. The summed E-state index contributed by atoms with van der Waals surface area (Å²) in [5.41, 5.74) is 0.464. The van der Waals surface area contributed by atoms with Crippen molar-refractivity contribution in [2.75, 3.05) is 6.61 Å². The zero-order valence-electron chi connectivity index (χ0n) is 9.21. The molecule has 1 aromatic rings. The molecule has 1 saturated heterocycles. The molecule has 17 heavy (non-hydrogen) atoms. The summed E-state index contributed by atoms with van der Waals surface area (Å²) in [7, 11) is 5.35. The Morgan fingerprint density at radius 3 is 2.76 bits per heavy atom. The highest BCUT2D eigenvalue weighted by Crippen LogP contribution is 2.21. The van der Waals surface area contributed by atoms with Crippen molar-refractivity contribution in [3.8, 4) is 0 Å². The second kappa shape index (κ2) is 5.32. The van der Waals surface area contributed by atoms with Gasteiger partial charge in [-0.2, -0.15) is 0 Å². The standard InChI is InChI=1S/C12H12BFO3/c13-11-10(14)6-9(17-11)7-16-12(15)8-4-2-1-3-5-8/h1-5,9-11H,6-7H2/t9-,10-,11-/m1/s1. The highest BCUT2D eigenvalue weighted by molar-refractivity contribution is 6.11. The van der Waals surface area contributed by atoms with Crippen LogP contribution in [0.15, 0.2) is 30.3 Å². The molecule has 0 amide bonds. The SMILES string of the molecule is [B][C@@H]1O[C@@H](COC(=O)c2ccccc2)C[C@H]1F. The fraction of sp³-hybridized carbons (Fsp3) is 0.417. The van der Waals surface area contributed by atoms with Gasteiger partial charge in [0.1, 0.15) is 20.6 Å². The highest BCUT2D eigenvalue weighted by atomic mass is 19.1. The summed E-state index contributed by atoms with van der Waals surface area (Å²) in [4.78, 5) is 11.6. The van der Waals surface area contributed by atoms with Crippen molar-refractivity contribution in [3.05, 3.63) is 35.9 Å². The third-order valence-corrected chi connectivity index (χ3v) is 2.60. The molecule has 0 aromatic heterocycles. The minimum Gasteiger partial charge on any atom is -0.459 e. The Morgan fingerprint density at radius 1 is 1.47 bits per heavy atom. The molecule has 0 bridgehead atoms. The predicted octanol–water partition coefficient (Wildman–Crippen LogP) is 1.46. The van der Waals surface area contributed by atoms with E-state index in [2.05, 4.69) is 0 Å². The van der Waals surface area contributed by atoms with Crippen LogP contribution in [0.1, 0.15) is 16.8 Å². The normalized spacial score (nSPS) is 27.9. The quantitative estimate of drug-likeness (QED) is 0.586. The molecule has 88 valence electrons. The van der Waals surface area contributed by atoms with Gasteiger partial charge in [0.25, 0.3) is 0 Å². The number of ether oxygens (including phenoxy) is 2. The van der Waals surface area contributed by atoms with E-state index in [1.54, 1.807) is 24.3 Å². The Balaban J connectivity index is 1.81. The maximum atomic E-state index is 13.0. The number of esters is 1. The lowest BCUT2D eigenvalue weighted by atomic mass is 9.96. The summed E-state index contributed by atoms with van der Waals surface area (Å²) < 4.78 is 23.1. The Morgan fingerprint density at radius 2 is 2.18 bits per heavy atom. The van der Waals surface area contributed by atoms with Gasteiger partial charge < -0.3 is 9.47 Å². The van der Waals surface area contributed by atoms with E-state index in [4.69, 9.17) is 17.3 Å². The molecule has 0 N–H and O–H groups in total. The minimum atomic E-state index is -1.18. The van der Waals surface area contributed by atoms with E-state index in [-0.39, 0.29) is 13.0 Å². The molecule has 1 aliphatic rings. The fourth-order valence-corrected chi connectivity index (χ4v) is 1.68. The molecular formula is C12H12BFO3. The van der Waals surface area contributed by atoms with Crippen LogP contribution in [0.5, 0.6) is 0 Å². The third-order valence-electron chi connectivity index (χ3n) is 2.60. The molecule has 0 saturated carbocycles. The molecule has 0 aliphatic carbocycles. The molecule has 1 heterocycles. The molecule has 0 unspecified atom stereocenters. The third kappa shape index (κ3) is 3.06. The maximum Gasteiger partial charge on any atom is 0.338 e. The fourth-order valence-electron chi connectivity index (χ4n) is 1.68. The lowest BCUT2D eigenvalue weighted by Gasteiger charge is -2.11. The largest absolute Gasteiger partial charge is 0.459 e. The van der Waals surface area contributed by atoms with Crippen molar-refractivity contribution in [2.24, 2.45) is 0 Å². The molecule has 3 nitrogen and oxygen atoms in total. The average Bonchev–Trinajstić information content (AvgIpc) is 2.67. The van der Waals surface area contributed by atoms with Crippen molar-refractivity contribution in [1.29, 1.82) is 0 Å². The van der Waals surface area contributed by atoms with Crippen molar-refractivity contribution >= 4 is 13.8 Å². The number of carbonyl (C=O) groups excluding carboxylic acids is 1. The summed E-state index contributed by atoms with van der Waals surface area (Å²) in [6, 6.07) is 7.70. The van der Waals surface area contributed by atoms with Crippen LogP contribution >= 0.6 is 0 Å². The summed E-state index contributed by atoms with van der Waals surface area (Å²) in [5, 5.41) is 0. The number of benzene rings is 1. The van der Waals surface area contributed by atoms with Crippen LogP contribution in [0.25, 0.3) is 0 Å². The molecule has 0 spiro atoms. The smallest absolute Gasteiger partial charge is 0.338 e. The van der Waals surface area contributed by atoms with Crippen molar-refractivity contribution in [3.63, 3.8) is 0 Å². The Hall–Kier alpha value is -1.36. The first-order valence-electron chi connectivity index (χ1n) is 5.44. The first-order chi connectivity index (χ1) is 8.16. The number of rotatable bonds is 3. The first-order valence-corrected chi connectivity index (χ1v) is 5.44. The van der Waals surface area contributed by atoms with Gasteiger partial charge in [0, 0.05) is 12.4 Å². The van der Waals surface area contributed by atoms with Crippen LogP contribution in [-0.2, 0) is 9.47 Å². The summed E-state index contributed by atoms with van der Waals surface area (Å²) in [6.07, 6.45) is -1.47. The Bertz CT molecular complexity index is 375. The Labute approximate surface area is 100 Å². The van der Waals surface area contributed by atoms with Crippen LogP contribution in [0.3, 0.4) is 0 Å². The minimum absolute atomic E-state index is 0.0296. The predicted molar refractivity (Wildman–Crippen MR) is 60.7 cm³/mol. The second-order valence-electron chi connectivity index (χ2n) is 3.94. The van der Waals surface area contributed by atoms with Crippen LogP contribution in [-0.4, -0.2) is 38.7 Å². The molecule has 3 atom stereocenters. The monoisotopic (exact) mass is 234 g/mol. The van der Waals surface area contributed by atoms with Crippen molar-refractivity contribution < 1.29 is 18.7 Å². The molecule has 1 fully saturated rings. The van der Waals surface area contributed by atoms with E-state index in [1.807, 2.05) is 6.07 Å². The number of alkyl halides is 1. The molecule has 1 aromatic carbocycles. The summed E-state index contributed by atoms with van der Waals surface area (Å²) in [6.45, 7) is 0.0296. The second-order valence-corrected chi connectivity index (χ2v) is 3.94. The van der Waals surface area contributed by atoms with Gasteiger partial charge in [-0.15, -0.1) is 0 Å². The number of hydrogen-bond acceptors (Lipinski definition) is 3. The van der Waals surface area contributed by atoms with Crippen LogP contribution in [0.2, 0.25) is 0 Å². The van der Waals surface area contributed by atoms with E-state index in [1.165, 1.54) is 0 Å². The first kappa shape index (κ1) is 12.1. The van der Waals surface area contributed by atoms with Gasteiger partial charge in [-0.1, -0.05) is 18.2 Å². The van der Waals surface area contributed by atoms with Gasteiger partial charge in [-0.3, -0.25) is 0 Å². The van der Waals surface area contributed by atoms with E-state index in [0.29, 0.717) is 5.56 Å². The van der Waals surface area contributed by atoms with E-state index in [0.717, 1.165) is 0 Å². The summed E-state index contributed by atoms with van der Waals surface area (Å²) in [5.74, 6) is -0.440. The molecule has 2 rings (SSSR count). The average molecular weight is 234 g/mol. The van der Waals surface area contributed by atoms with Gasteiger partial charge in [-0.05, 0) is 12.1 Å². The molecule has 5 heteroatoms. The van der Waals surface area contributed by atoms with E-state index < -0.39 is 24.2 Å². The maximum absolute atomic E-state index is 13.0. The van der Waals surface area contributed by atoms with Gasteiger partial charge in [0.2, 0.25) is 0 Å². The van der Waals surface area contributed by atoms with Gasteiger partial charge in [-0.25, -0.2) is 9.18 Å². The lowest BCUT2D eigenvalue weighted by Crippen LogP contribution is -2.20. The highest BCUT2D eigenvalue weighted by Gasteiger charge is 2.32. The molecular weight excluding hydrogens is 222 g/mol. The topological polar surface area (TPSA) is 35.5 Å². The van der Waals surface area contributed by atoms with Crippen LogP contribution < -0.4 is 0 Å². The Kier molecular flexibility index (Phi) is 3.79. The van der Waals surface area contributed by atoms with Crippen LogP contribution in [0, 0.1) is 0 Å². The van der Waals surface area contributed by atoms with E-state index in [9.17, 15) is 9.18 Å². The van der Waals surface area contributed by atoms with Crippen molar-refractivity contribution in [2.45, 2.75) is 24.7 Å².